The average molecular weight is 250 g/mol. The Bertz CT molecular complexity index is 466. The summed E-state index contributed by atoms with van der Waals surface area (Å²) in [5.41, 5.74) is 2.33. The molecule has 0 spiro atoms. The molecule has 3 nitrogen and oxygen atoms in total. The van der Waals surface area contributed by atoms with E-state index in [1.807, 2.05) is 30.7 Å². The predicted molar refractivity (Wildman–Crippen MR) is 71.5 cm³/mol. The minimum Gasteiger partial charge on any atom is -0.385 e. The van der Waals surface area contributed by atoms with Gasteiger partial charge in [0.15, 0.2) is 0 Å². The molecule has 0 aliphatic heterocycles. The van der Waals surface area contributed by atoms with Crippen molar-refractivity contribution in [3.63, 3.8) is 0 Å². The Hall–Kier alpha value is -1.48. The third-order valence-corrected chi connectivity index (χ3v) is 2.90. The number of nitrogens with one attached hydrogen (secondary N) is 1. The third kappa shape index (κ3) is 3.49. The molecule has 1 aromatic heterocycles. The first-order valence-electron chi connectivity index (χ1n) is 5.71. The molecular weight excluding hydrogens is 234 g/mol. The van der Waals surface area contributed by atoms with Crippen LogP contribution in [0, 0.1) is 6.92 Å². The lowest BCUT2D eigenvalue weighted by molar-refractivity contribution is 0.660. The number of hydrogen-bond acceptors (Lipinski definition) is 2. The zero-order valence-corrected chi connectivity index (χ0v) is 10.6. The van der Waals surface area contributed by atoms with Crippen LogP contribution in [0.2, 0.25) is 5.02 Å². The standard InChI is InChI=1S/C13H16ClN3/c1-11-3-4-12(14)9-13(11)16-5-2-7-17-8-6-15-10-17/h3-4,6,8-10,16H,2,5,7H2,1H3. The van der Waals surface area contributed by atoms with Crippen LogP contribution in [0.1, 0.15) is 12.0 Å². The first-order valence-corrected chi connectivity index (χ1v) is 6.09. The van der Waals surface area contributed by atoms with Crippen molar-refractivity contribution in [3.05, 3.63) is 47.5 Å². The summed E-state index contributed by atoms with van der Waals surface area (Å²) in [7, 11) is 0. The first kappa shape index (κ1) is 12.0. The molecule has 0 unspecified atom stereocenters. The Morgan fingerprint density at radius 1 is 1.41 bits per heavy atom. The molecule has 0 aliphatic carbocycles. The zero-order chi connectivity index (χ0) is 12.1. The maximum absolute atomic E-state index is 5.96. The van der Waals surface area contributed by atoms with E-state index in [1.165, 1.54) is 5.56 Å². The van der Waals surface area contributed by atoms with E-state index in [9.17, 15) is 0 Å². The van der Waals surface area contributed by atoms with Gasteiger partial charge in [0.05, 0.1) is 6.33 Å². The molecule has 0 radical (unpaired) electrons. The number of nitrogens with zero attached hydrogens (tertiary/aromatic N) is 2. The quantitative estimate of drug-likeness (QED) is 0.824. The Kier molecular flexibility index (Phi) is 4.04. The summed E-state index contributed by atoms with van der Waals surface area (Å²) in [6.07, 6.45) is 6.67. The molecule has 2 aromatic rings. The molecule has 1 aromatic carbocycles. The van der Waals surface area contributed by atoms with Crippen LogP contribution in [0.5, 0.6) is 0 Å². The van der Waals surface area contributed by atoms with Crippen LogP contribution in [0.3, 0.4) is 0 Å². The van der Waals surface area contributed by atoms with Crippen molar-refractivity contribution < 1.29 is 0 Å². The maximum Gasteiger partial charge on any atom is 0.0945 e. The lowest BCUT2D eigenvalue weighted by Crippen LogP contribution is -2.06. The van der Waals surface area contributed by atoms with Gasteiger partial charge in [-0.25, -0.2) is 4.98 Å². The number of hydrogen-bond donors (Lipinski definition) is 1. The second-order valence-corrected chi connectivity index (χ2v) is 4.48. The number of rotatable bonds is 5. The summed E-state index contributed by atoms with van der Waals surface area (Å²) in [5, 5.41) is 4.17. The van der Waals surface area contributed by atoms with Crippen LogP contribution in [0.4, 0.5) is 5.69 Å². The first-order chi connectivity index (χ1) is 8.25. The summed E-state index contributed by atoms with van der Waals surface area (Å²) in [6.45, 7) is 3.99. The van der Waals surface area contributed by atoms with Crippen molar-refractivity contribution in [2.24, 2.45) is 0 Å². The van der Waals surface area contributed by atoms with Gasteiger partial charge in [-0.05, 0) is 31.0 Å². The van der Waals surface area contributed by atoms with Gasteiger partial charge < -0.3 is 9.88 Å². The fraction of sp³-hybridized carbons (Fsp3) is 0.308. The van der Waals surface area contributed by atoms with Gasteiger partial charge in [0, 0.05) is 36.2 Å². The van der Waals surface area contributed by atoms with Crippen molar-refractivity contribution in [2.45, 2.75) is 19.9 Å². The largest absolute Gasteiger partial charge is 0.385 e. The van der Waals surface area contributed by atoms with Gasteiger partial charge in [-0.15, -0.1) is 0 Å². The molecule has 1 N–H and O–H groups in total. The van der Waals surface area contributed by atoms with Crippen LogP contribution in [-0.4, -0.2) is 16.1 Å². The van der Waals surface area contributed by atoms with Crippen LogP contribution in [-0.2, 0) is 6.54 Å². The number of anilines is 1. The lowest BCUT2D eigenvalue weighted by Gasteiger charge is -2.10. The number of aromatic nitrogens is 2. The molecule has 1 heterocycles. The molecule has 0 saturated heterocycles. The van der Waals surface area contributed by atoms with E-state index in [0.717, 1.165) is 30.2 Å². The highest BCUT2D eigenvalue weighted by molar-refractivity contribution is 6.30. The summed E-state index contributed by atoms with van der Waals surface area (Å²) >= 11 is 5.96. The maximum atomic E-state index is 5.96. The van der Waals surface area contributed by atoms with E-state index >= 15 is 0 Å². The van der Waals surface area contributed by atoms with Crippen molar-refractivity contribution in [2.75, 3.05) is 11.9 Å². The molecule has 2 rings (SSSR count). The summed E-state index contributed by atoms with van der Waals surface area (Å²) < 4.78 is 2.08. The van der Waals surface area contributed by atoms with E-state index in [4.69, 9.17) is 11.6 Å². The topological polar surface area (TPSA) is 29.9 Å². The second kappa shape index (κ2) is 5.73. The minimum absolute atomic E-state index is 0.771. The monoisotopic (exact) mass is 249 g/mol. The zero-order valence-electron chi connectivity index (χ0n) is 9.86. The summed E-state index contributed by atoms with van der Waals surface area (Å²) in [5.74, 6) is 0. The highest BCUT2D eigenvalue weighted by atomic mass is 35.5. The van der Waals surface area contributed by atoms with E-state index in [0.29, 0.717) is 0 Å². The van der Waals surface area contributed by atoms with Crippen LogP contribution < -0.4 is 5.32 Å². The molecule has 0 bridgehead atoms. The van der Waals surface area contributed by atoms with Crippen LogP contribution in [0.15, 0.2) is 36.9 Å². The highest BCUT2D eigenvalue weighted by Gasteiger charge is 1.98. The minimum atomic E-state index is 0.771. The smallest absolute Gasteiger partial charge is 0.0945 e. The normalized spacial score (nSPS) is 10.5. The fourth-order valence-corrected chi connectivity index (χ4v) is 1.86. The molecule has 4 heteroatoms. The molecule has 0 amide bonds. The molecule has 0 atom stereocenters. The Balaban J connectivity index is 1.80. The second-order valence-electron chi connectivity index (χ2n) is 4.04. The fourth-order valence-electron chi connectivity index (χ4n) is 1.69. The third-order valence-electron chi connectivity index (χ3n) is 2.67. The number of aryl methyl sites for hydroxylation is 2. The van der Waals surface area contributed by atoms with E-state index in [-0.39, 0.29) is 0 Å². The molecule has 90 valence electrons. The number of halogens is 1. The van der Waals surface area contributed by atoms with E-state index in [1.54, 1.807) is 6.20 Å². The predicted octanol–water partition coefficient (Wildman–Crippen LogP) is 3.35. The molecular formula is C13H16ClN3. The van der Waals surface area contributed by atoms with Crippen molar-refractivity contribution in [1.82, 2.24) is 9.55 Å². The Morgan fingerprint density at radius 2 is 2.29 bits per heavy atom. The lowest BCUT2D eigenvalue weighted by atomic mass is 10.2. The van der Waals surface area contributed by atoms with Crippen molar-refractivity contribution >= 4 is 17.3 Å². The van der Waals surface area contributed by atoms with Crippen LogP contribution in [0.25, 0.3) is 0 Å². The molecule has 17 heavy (non-hydrogen) atoms. The van der Waals surface area contributed by atoms with Gasteiger partial charge in [0.25, 0.3) is 0 Å². The SMILES string of the molecule is Cc1ccc(Cl)cc1NCCCn1ccnc1. The molecule has 0 aliphatic rings. The van der Waals surface area contributed by atoms with Gasteiger partial charge in [-0.1, -0.05) is 17.7 Å². The molecule has 0 saturated carbocycles. The van der Waals surface area contributed by atoms with Gasteiger partial charge in [0.2, 0.25) is 0 Å². The van der Waals surface area contributed by atoms with Gasteiger partial charge in [-0.3, -0.25) is 0 Å². The highest BCUT2D eigenvalue weighted by Crippen LogP contribution is 2.19. The Labute approximate surface area is 106 Å². The van der Waals surface area contributed by atoms with E-state index < -0.39 is 0 Å². The Morgan fingerprint density at radius 3 is 3.06 bits per heavy atom. The van der Waals surface area contributed by atoms with Crippen molar-refractivity contribution in [3.8, 4) is 0 Å². The van der Waals surface area contributed by atoms with Crippen LogP contribution >= 0.6 is 11.6 Å². The summed E-state index contributed by atoms with van der Waals surface area (Å²) in [4.78, 5) is 4.01. The molecule has 0 fully saturated rings. The average Bonchev–Trinajstić information content (AvgIpc) is 2.82. The van der Waals surface area contributed by atoms with Gasteiger partial charge >= 0.3 is 0 Å². The summed E-state index contributed by atoms with van der Waals surface area (Å²) in [6, 6.07) is 5.90. The van der Waals surface area contributed by atoms with Gasteiger partial charge in [-0.2, -0.15) is 0 Å². The van der Waals surface area contributed by atoms with E-state index in [2.05, 4.69) is 21.8 Å². The number of imidazole rings is 1. The number of benzene rings is 1. The van der Waals surface area contributed by atoms with Crippen molar-refractivity contribution in [1.29, 1.82) is 0 Å². The van der Waals surface area contributed by atoms with Gasteiger partial charge in [0.1, 0.15) is 0 Å².